The number of hydrogen-bond acceptors (Lipinski definition) is 5. The van der Waals surface area contributed by atoms with Crippen molar-refractivity contribution in [2.24, 2.45) is 0 Å². The van der Waals surface area contributed by atoms with Gasteiger partial charge in [-0.3, -0.25) is 0 Å². The number of imidazole rings is 2. The summed E-state index contributed by atoms with van der Waals surface area (Å²) >= 11 is 0. The Hall–Kier alpha value is -3.69. The minimum absolute atomic E-state index is 0.217. The summed E-state index contributed by atoms with van der Waals surface area (Å²) in [4.78, 5) is 29.4. The van der Waals surface area contributed by atoms with Gasteiger partial charge in [0.25, 0.3) is 0 Å². The Morgan fingerprint density at radius 3 is 2.21 bits per heavy atom. The Labute approximate surface area is 256 Å². The van der Waals surface area contributed by atoms with Crippen molar-refractivity contribution in [3.63, 3.8) is 0 Å². The highest BCUT2D eigenvalue weighted by atomic mass is 28.3. The third kappa shape index (κ3) is 7.10. The number of benzene rings is 2. The normalized spacial score (nSPS) is 17.8. The third-order valence-electron chi connectivity index (χ3n) is 8.04. The number of carbonyl (C=O) groups is 1. The van der Waals surface area contributed by atoms with Gasteiger partial charge in [0.05, 0.1) is 29.7 Å². The highest BCUT2D eigenvalue weighted by Crippen LogP contribution is 2.44. The first-order valence-corrected chi connectivity index (χ1v) is 18.2. The van der Waals surface area contributed by atoms with Crippen LogP contribution in [0.1, 0.15) is 81.8 Å². The van der Waals surface area contributed by atoms with Gasteiger partial charge in [-0.05, 0) is 75.7 Å². The second-order valence-corrected chi connectivity index (χ2v) is 16.1. The summed E-state index contributed by atoms with van der Waals surface area (Å²) in [5.41, 5.74) is 7.34. The molecule has 1 radical (unpaired) electrons. The van der Waals surface area contributed by atoms with Crippen molar-refractivity contribution >= 4 is 14.9 Å². The molecule has 2 fully saturated rings. The van der Waals surface area contributed by atoms with Crippen molar-refractivity contribution in [3.8, 4) is 33.6 Å². The highest BCUT2D eigenvalue weighted by Gasteiger charge is 2.31. The number of alkyl carbamates (subject to hydrolysis) is 1. The van der Waals surface area contributed by atoms with Gasteiger partial charge in [0.1, 0.15) is 17.2 Å². The average Bonchev–Trinajstić information content (AvgIpc) is 3.34. The average molecular weight is 596 g/mol. The Bertz CT molecular complexity index is 1540. The van der Waals surface area contributed by atoms with E-state index < -0.39 is 20.5 Å². The van der Waals surface area contributed by atoms with Crippen molar-refractivity contribution in [1.29, 1.82) is 0 Å². The number of ether oxygens (including phenoxy) is 1. The summed E-state index contributed by atoms with van der Waals surface area (Å²) in [6, 6.07) is 18.3. The van der Waals surface area contributed by atoms with Crippen LogP contribution in [0.4, 0.5) is 4.79 Å². The molecule has 1 aliphatic heterocycles. The Morgan fingerprint density at radius 1 is 0.977 bits per heavy atom. The number of hydrogen-bond donors (Lipinski definition) is 4. The van der Waals surface area contributed by atoms with Crippen LogP contribution in [0.3, 0.4) is 0 Å². The van der Waals surface area contributed by atoms with Gasteiger partial charge in [0, 0.05) is 26.0 Å². The van der Waals surface area contributed by atoms with Crippen LogP contribution >= 0.6 is 0 Å². The molecule has 8 nitrogen and oxygen atoms in total. The van der Waals surface area contributed by atoms with Crippen molar-refractivity contribution < 1.29 is 9.53 Å². The molecule has 9 heteroatoms. The quantitative estimate of drug-likeness (QED) is 0.148. The van der Waals surface area contributed by atoms with Gasteiger partial charge in [-0.1, -0.05) is 61.6 Å². The molecule has 4 N–H and O–H groups in total. The second-order valence-electron chi connectivity index (χ2n) is 13.3. The molecule has 0 unspecified atom stereocenters. The molecule has 2 aromatic heterocycles. The van der Waals surface area contributed by atoms with Gasteiger partial charge in [-0.25, -0.2) is 14.8 Å². The molecule has 225 valence electrons. The van der Waals surface area contributed by atoms with Gasteiger partial charge in [0.15, 0.2) is 0 Å². The van der Waals surface area contributed by atoms with Crippen molar-refractivity contribution in [2.75, 3.05) is 6.54 Å². The Morgan fingerprint density at radius 2 is 1.63 bits per heavy atom. The summed E-state index contributed by atoms with van der Waals surface area (Å²) in [5.74, 6) is 2.46. The lowest BCUT2D eigenvalue weighted by Gasteiger charge is -2.23. The fourth-order valence-corrected chi connectivity index (χ4v) is 6.89. The maximum Gasteiger partial charge on any atom is 0.408 e. The molecule has 2 aromatic carbocycles. The SMILES string of the molecule is C[Si](C)C[C@H](NC(=O)OC(C)(C)C)c1ncc(-c2ccc(-c3ccc(-c4nc([C@@H]5CCCN5)[nH]c4C4CC4)cc3)cc2)[nH]1. The fraction of sp³-hybridized carbons (Fsp3) is 0.441. The topological polar surface area (TPSA) is 108 Å². The van der Waals surface area contributed by atoms with Gasteiger partial charge in [-0.15, -0.1) is 0 Å². The first kappa shape index (κ1) is 29.4. The van der Waals surface area contributed by atoms with E-state index in [0.717, 1.165) is 53.2 Å². The van der Waals surface area contributed by atoms with Crippen molar-refractivity contribution in [1.82, 2.24) is 30.6 Å². The van der Waals surface area contributed by atoms with Crippen LogP contribution in [-0.2, 0) is 4.74 Å². The summed E-state index contributed by atoms with van der Waals surface area (Å²) in [6.07, 6.45) is 6.27. The lowest BCUT2D eigenvalue weighted by Crippen LogP contribution is -2.36. The standard InChI is InChI=1S/C34H43N6O2Si/c1-34(2,3)42-33(41)38-28(20-43(4)5)31-36-19-27(37-31)23-12-8-21(9-13-23)22-10-14-24(15-11-22)29-30(25-16-17-25)40-32(39-29)26-7-6-18-35-26/h8-15,19,25-26,28,35H,6-7,16-18,20H2,1-5H3,(H,36,37)(H,38,41)(H,39,40)/t26-,28-/m0/s1. The van der Waals surface area contributed by atoms with Crippen molar-refractivity contribution in [2.45, 2.75) is 89.2 Å². The summed E-state index contributed by atoms with van der Waals surface area (Å²) in [5, 5.41) is 6.60. The number of aromatic amines is 2. The molecule has 0 spiro atoms. The predicted molar refractivity (Wildman–Crippen MR) is 173 cm³/mol. The lowest BCUT2D eigenvalue weighted by molar-refractivity contribution is 0.0506. The molecule has 3 heterocycles. The zero-order valence-corrected chi connectivity index (χ0v) is 26.9. The maximum atomic E-state index is 12.5. The van der Waals surface area contributed by atoms with E-state index in [1.54, 1.807) is 0 Å². The number of nitrogens with one attached hydrogen (secondary N) is 4. The molecule has 6 rings (SSSR count). The lowest BCUT2D eigenvalue weighted by atomic mass is 10.00. The molecule has 4 aromatic rings. The first-order chi connectivity index (χ1) is 20.6. The number of rotatable bonds is 9. The molecular weight excluding hydrogens is 553 g/mol. The van der Waals surface area contributed by atoms with E-state index in [0.29, 0.717) is 12.0 Å². The predicted octanol–water partition coefficient (Wildman–Crippen LogP) is 7.76. The molecule has 1 saturated carbocycles. The van der Waals surface area contributed by atoms with Gasteiger partial charge < -0.3 is 25.3 Å². The van der Waals surface area contributed by atoms with Crippen LogP contribution in [0.5, 0.6) is 0 Å². The molecule has 1 aliphatic carbocycles. The van der Waals surface area contributed by atoms with Gasteiger partial charge in [-0.2, -0.15) is 0 Å². The zero-order valence-electron chi connectivity index (χ0n) is 25.9. The Kier molecular flexibility index (Phi) is 8.29. The zero-order chi connectivity index (χ0) is 30.1. The van der Waals surface area contributed by atoms with Crippen LogP contribution in [0.25, 0.3) is 33.6 Å². The third-order valence-corrected chi connectivity index (χ3v) is 9.27. The smallest absolute Gasteiger partial charge is 0.408 e. The summed E-state index contributed by atoms with van der Waals surface area (Å²) in [7, 11) is -0.625. The summed E-state index contributed by atoms with van der Waals surface area (Å²) < 4.78 is 5.50. The van der Waals surface area contributed by atoms with E-state index in [9.17, 15) is 4.79 Å². The molecule has 2 aliphatic rings. The second kappa shape index (κ2) is 12.1. The number of H-pyrrole nitrogens is 2. The monoisotopic (exact) mass is 595 g/mol. The van der Waals surface area contributed by atoms with Gasteiger partial charge >= 0.3 is 6.09 Å². The maximum absolute atomic E-state index is 12.5. The van der Waals surface area contributed by atoms with E-state index in [4.69, 9.17) is 9.72 Å². The highest BCUT2D eigenvalue weighted by molar-refractivity contribution is 6.55. The molecule has 2 atom stereocenters. The van der Waals surface area contributed by atoms with Gasteiger partial charge in [0.2, 0.25) is 0 Å². The minimum Gasteiger partial charge on any atom is -0.444 e. The van der Waals surface area contributed by atoms with E-state index in [1.165, 1.54) is 36.1 Å². The van der Waals surface area contributed by atoms with E-state index >= 15 is 0 Å². The number of amides is 1. The van der Waals surface area contributed by atoms with Crippen LogP contribution < -0.4 is 10.6 Å². The van der Waals surface area contributed by atoms with Crippen LogP contribution in [0, 0.1) is 0 Å². The minimum atomic E-state index is -0.625. The molecule has 43 heavy (non-hydrogen) atoms. The Balaban J connectivity index is 1.16. The molecule has 1 amide bonds. The number of carbonyl (C=O) groups excluding carboxylic acids is 1. The van der Waals surface area contributed by atoms with E-state index in [-0.39, 0.29) is 6.04 Å². The molecule has 1 saturated heterocycles. The number of aromatic nitrogens is 4. The molecular formula is C34H43N6O2Si. The number of nitrogens with zero attached hydrogens (tertiary/aromatic N) is 2. The van der Waals surface area contributed by atoms with Crippen LogP contribution in [0.15, 0.2) is 54.7 Å². The largest absolute Gasteiger partial charge is 0.444 e. The van der Waals surface area contributed by atoms with E-state index in [2.05, 4.69) is 87.2 Å². The fourth-order valence-electron chi connectivity index (χ4n) is 5.77. The first-order valence-electron chi connectivity index (χ1n) is 15.5. The van der Waals surface area contributed by atoms with Crippen LogP contribution in [0.2, 0.25) is 19.1 Å². The summed E-state index contributed by atoms with van der Waals surface area (Å²) in [6.45, 7) is 11.1. The van der Waals surface area contributed by atoms with Crippen LogP contribution in [-0.4, -0.2) is 47.0 Å². The van der Waals surface area contributed by atoms with Crippen molar-refractivity contribution in [3.05, 3.63) is 72.1 Å². The molecule has 0 bridgehead atoms. The van der Waals surface area contributed by atoms with E-state index in [1.807, 2.05) is 27.0 Å².